The van der Waals surface area contributed by atoms with Crippen molar-refractivity contribution in [3.8, 4) is 11.4 Å². The minimum Gasteiger partial charge on any atom is -0.395 e. The van der Waals surface area contributed by atoms with Gasteiger partial charge in [-0.05, 0) is 24.3 Å². The van der Waals surface area contributed by atoms with Gasteiger partial charge in [0.1, 0.15) is 5.82 Å². The number of nitrogens with one attached hydrogen (secondary N) is 1. The second-order valence-corrected chi connectivity index (χ2v) is 5.01. The number of benzene rings is 2. The predicted octanol–water partition coefficient (Wildman–Crippen LogP) is 3.35. The molecule has 0 aliphatic heterocycles. The van der Waals surface area contributed by atoms with Gasteiger partial charge in [-0.15, -0.1) is 0 Å². The summed E-state index contributed by atoms with van der Waals surface area (Å²) in [7, 11) is 0. The summed E-state index contributed by atoms with van der Waals surface area (Å²) in [4.78, 5) is 9.14. The summed E-state index contributed by atoms with van der Waals surface area (Å²) in [6.45, 7) is 0.487. The molecule has 21 heavy (non-hydrogen) atoms. The molecule has 4 nitrogen and oxygen atoms in total. The van der Waals surface area contributed by atoms with Gasteiger partial charge in [0, 0.05) is 22.5 Å². The molecule has 5 heteroatoms. The number of hydrogen-bond acceptors (Lipinski definition) is 4. The van der Waals surface area contributed by atoms with Gasteiger partial charge < -0.3 is 10.4 Å². The van der Waals surface area contributed by atoms with Gasteiger partial charge in [-0.2, -0.15) is 0 Å². The maximum absolute atomic E-state index is 9.00. The Morgan fingerprint density at radius 1 is 1.05 bits per heavy atom. The highest BCUT2D eigenvalue weighted by atomic mass is 35.5. The highest BCUT2D eigenvalue weighted by Gasteiger charge is 2.09. The highest BCUT2D eigenvalue weighted by molar-refractivity contribution is 6.30. The summed E-state index contributed by atoms with van der Waals surface area (Å²) in [5.74, 6) is 1.32. The fraction of sp³-hybridized carbons (Fsp3) is 0.125. The summed E-state index contributed by atoms with van der Waals surface area (Å²) in [5, 5.41) is 13.7. The Labute approximate surface area is 127 Å². The third-order valence-corrected chi connectivity index (χ3v) is 3.33. The Balaban J connectivity index is 2.15. The number of fused-ring (bicyclic) bond motifs is 1. The molecule has 106 valence electrons. The number of para-hydroxylation sites is 1. The van der Waals surface area contributed by atoms with E-state index in [0.717, 1.165) is 16.5 Å². The fourth-order valence-electron chi connectivity index (χ4n) is 2.14. The second kappa shape index (κ2) is 6.08. The van der Waals surface area contributed by atoms with E-state index in [4.69, 9.17) is 16.7 Å². The molecule has 0 spiro atoms. The Kier molecular flexibility index (Phi) is 3.99. The molecular weight excluding hydrogens is 286 g/mol. The number of aliphatic hydroxyl groups excluding tert-OH is 1. The van der Waals surface area contributed by atoms with Crippen LogP contribution >= 0.6 is 11.6 Å². The Bertz CT molecular complexity index is 776. The van der Waals surface area contributed by atoms with Crippen molar-refractivity contribution in [3.05, 3.63) is 53.6 Å². The molecule has 0 amide bonds. The van der Waals surface area contributed by atoms with Crippen LogP contribution < -0.4 is 5.32 Å². The largest absolute Gasteiger partial charge is 0.395 e. The molecule has 0 atom stereocenters. The molecule has 0 bridgehead atoms. The van der Waals surface area contributed by atoms with Crippen molar-refractivity contribution in [1.29, 1.82) is 0 Å². The topological polar surface area (TPSA) is 58.0 Å². The van der Waals surface area contributed by atoms with Crippen LogP contribution in [0.15, 0.2) is 48.5 Å². The maximum atomic E-state index is 9.00. The smallest absolute Gasteiger partial charge is 0.162 e. The van der Waals surface area contributed by atoms with E-state index in [1.54, 1.807) is 0 Å². The quantitative estimate of drug-likeness (QED) is 0.775. The minimum absolute atomic E-state index is 0.0465. The zero-order valence-corrected chi connectivity index (χ0v) is 12.0. The summed E-state index contributed by atoms with van der Waals surface area (Å²) >= 11 is 6.03. The van der Waals surface area contributed by atoms with Gasteiger partial charge >= 0.3 is 0 Å². The van der Waals surface area contributed by atoms with Gasteiger partial charge in [0.15, 0.2) is 5.82 Å². The third kappa shape index (κ3) is 2.96. The lowest BCUT2D eigenvalue weighted by Crippen LogP contribution is -2.08. The van der Waals surface area contributed by atoms with Crippen molar-refractivity contribution in [2.45, 2.75) is 0 Å². The lowest BCUT2D eigenvalue weighted by atomic mass is 10.2. The fourth-order valence-corrected chi connectivity index (χ4v) is 2.33. The van der Waals surface area contributed by atoms with Crippen LogP contribution in [-0.2, 0) is 0 Å². The van der Waals surface area contributed by atoms with Crippen molar-refractivity contribution < 1.29 is 5.11 Å². The van der Waals surface area contributed by atoms with Gasteiger partial charge in [-0.1, -0.05) is 35.9 Å². The molecule has 3 rings (SSSR count). The normalized spacial score (nSPS) is 10.8. The number of anilines is 1. The number of halogens is 1. The second-order valence-electron chi connectivity index (χ2n) is 4.57. The highest BCUT2D eigenvalue weighted by Crippen LogP contribution is 2.26. The zero-order valence-electron chi connectivity index (χ0n) is 11.3. The summed E-state index contributed by atoms with van der Waals surface area (Å²) in [6.07, 6.45) is 0. The van der Waals surface area contributed by atoms with Gasteiger partial charge in [-0.25, -0.2) is 9.97 Å². The van der Waals surface area contributed by atoms with Crippen LogP contribution in [0, 0.1) is 0 Å². The lowest BCUT2D eigenvalue weighted by molar-refractivity contribution is 0.311. The van der Waals surface area contributed by atoms with Gasteiger partial charge in [0.05, 0.1) is 12.1 Å². The molecule has 1 heterocycles. The first-order chi connectivity index (χ1) is 10.3. The van der Waals surface area contributed by atoms with Crippen LogP contribution in [0.1, 0.15) is 0 Å². The van der Waals surface area contributed by atoms with Crippen molar-refractivity contribution in [2.24, 2.45) is 0 Å². The molecule has 0 radical (unpaired) electrons. The van der Waals surface area contributed by atoms with E-state index < -0.39 is 0 Å². The number of rotatable bonds is 4. The predicted molar refractivity (Wildman–Crippen MR) is 85.6 cm³/mol. The summed E-state index contributed by atoms with van der Waals surface area (Å²) < 4.78 is 0. The molecular formula is C16H14ClN3O. The van der Waals surface area contributed by atoms with Gasteiger partial charge in [0.2, 0.25) is 0 Å². The number of aliphatic hydroxyl groups is 1. The number of nitrogens with zero attached hydrogens (tertiary/aromatic N) is 2. The molecule has 1 aromatic heterocycles. The van der Waals surface area contributed by atoms with Crippen molar-refractivity contribution in [3.63, 3.8) is 0 Å². The van der Waals surface area contributed by atoms with E-state index in [2.05, 4.69) is 15.3 Å². The third-order valence-electron chi connectivity index (χ3n) is 3.09. The summed E-state index contributed by atoms with van der Waals surface area (Å²) in [5.41, 5.74) is 1.71. The first-order valence-corrected chi connectivity index (χ1v) is 7.03. The standard InChI is InChI=1S/C16H14ClN3O/c17-12-5-3-4-11(10-12)15-19-14-7-2-1-6-13(14)16(20-15)18-8-9-21/h1-7,10,21H,8-9H2,(H,18,19,20). The van der Waals surface area contributed by atoms with Crippen LogP contribution in [0.25, 0.3) is 22.3 Å². The molecule has 0 aliphatic carbocycles. The Hall–Kier alpha value is -2.17. The van der Waals surface area contributed by atoms with E-state index in [0.29, 0.717) is 23.2 Å². The monoisotopic (exact) mass is 299 g/mol. The minimum atomic E-state index is 0.0465. The first kappa shape index (κ1) is 13.8. The Morgan fingerprint density at radius 2 is 1.90 bits per heavy atom. The molecule has 3 aromatic rings. The first-order valence-electron chi connectivity index (χ1n) is 6.65. The zero-order chi connectivity index (χ0) is 14.7. The van der Waals surface area contributed by atoms with Crippen LogP contribution in [0.3, 0.4) is 0 Å². The van der Waals surface area contributed by atoms with E-state index in [1.807, 2.05) is 48.5 Å². The van der Waals surface area contributed by atoms with Crippen molar-refractivity contribution >= 4 is 28.3 Å². The maximum Gasteiger partial charge on any atom is 0.162 e. The van der Waals surface area contributed by atoms with Crippen LogP contribution in [0.5, 0.6) is 0 Å². The molecule has 0 saturated heterocycles. The van der Waals surface area contributed by atoms with E-state index in [9.17, 15) is 0 Å². The van der Waals surface area contributed by atoms with Gasteiger partial charge in [-0.3, -0.25) is 0 Å². The average Bonchev–Trinajstić information content (AvgIpc) is 2.52. The van der Waals surface area contributed by atoms with E-state index >= 15 is 0 Å². The number of aromatic nitrogens is 2. The van der Waals surface area contributed by atoms with Crippen molar-refractivity contribution in [2.75, 3.05) is 18.5 Å². The van der Waals surface area contributed by atoms with Gasteiger partial charge in [0.25, 0.3) is 0 Å². The lowest BCUT2D eigenvalue weighted by Gasteiger charge is -2.10. The summed E-state index contributed by atoms with van der Waals surface area (Å²) in [6, 6.07) is 15.2. The van der Waals surface area contributed by atoms with Crippen molar-refractivity contribution in [1.82, 2.24) is 9.97 Å². The molecule has 0 fully saturated rings. The molecule has 0 aliphatic rings. The molecule has 2 aromatic carbocycles. The van der Waals surface area contributed by atoms with E-state index in [-0.39, 0.29) is 6.61 Å². The van der Waals surface area contributed by atoms with E-state index in [1.165, 1.54) is 0 Å². The molecule has 0 unspecified atom stereocenters. The molecule has 2 N–H and O–H groups in total. The Morgan fingerprint density at radius 3 is 2.71 bits per heavy atom. The van der Waals surface area contributed by atoms with Crippen LogP contribution in [0.4, 0.5) is 5.82 Å². The SMILES string of the molecule is OCCNc1nc(-c2cccc(Cl)c2)nc2ccccc12. The van der Waals surface area contributed by atoms with Crippen LogP contribution in [-0.4, -0.2) is 28.2 Å². The molecule has 0 saturated carbocycles. The number of hydrogen-bond donors (Lipinski definition) is 2. The van der Waals surface area contributed by atoms with Crippen LogP contribution in [0.2, 0.25) is 5.02 Å². The average molecular weight is 300 g/mol.